The van der Waals surface area contributed by atoms with Crippen LogP contribution in [0.1, 0.15) is 15.9 Å². The molecule has 0 N–H and O–H groups in total. The zero-order chi connectivity index (χ0) is 11.5. The van der Waals surface area contributed by atoms with E-state index in [0.29, 0.717) is 21.2 Å². The molecule has 80 valence electrons. The first kappa shape index (κ1) is 11.0. The minimum absolute atomic E-state index is 0.220. The molecule has 2 aromatic rings. The lowest BCUT2D eigenvalue weighted by atomic mass is 10.1. The van der Waals surface area contributed by atoms with Crippen LogP contribution in [-0.4, -0.2) is 16.0 Å². The molecule has 0 saturated heterocycles. The third-order valence-corrected chi connectivity index (χ3v) is 2.58. The molecule has 16 heavy (non-hydrogen) atoms. The van der Waals surface area contributed by atoms with Crippen LogP contribution in [0, 0.1) is 0 Å². The van der Waals surface area contributed by atoms with Crippen LogP contribution in [0.4, 0.5) is 0 Å². The van der Waals surface area contributed by atoms with Gasteiger partial charge >= 0.3 is 0 Å². The molecule has 0 spiro atoms. The van der Waals surface area contributed by atoms with Crippen LogP contribution >= 0.6 is 23.2 Å². The van der Waals surface area contributed by atoms with Gasteiger partial charge in [-0.1, -0.05) is 23.2 Å². The van der Waals surface area contributed by atoms with Crippen LogP contribution < -0.4 is 0 Å². The maximum atomic E-state index is 12.0. The van der Waals surface area contributed by atoms with E-state index in [4.69, 9.17) is 23.2 Å². The second kappa shape index (κ2) is 4.60. The van der Waals surface area contributed by atoms with Crippen molar-refractivity contribution in [3.8, 4) is 0 Å². The Morgan fingerprint density at radius 1 is 1.12 bits per heavy atom. The molecule has 0 aliphatic rings. The predicted octanol–water partition coefficient (Wildman–Crippen LogP) is 3.01. The quantitative estimate of drug-likeness (QED) is 0.772. The first-order chi connectivity index (χ1) is 7.68. The number of carbonyl (C=O) groups is 1. The molecule has 0 saturated carbocycles. The van der Waals surface area contributed by atoms with Crippen LogP contribution in [0.2, 0.25) is 10.0 Å². The molecule has 0 amide bonds. The number of hydrogen-bond acceptors (Lipinski definition) is 3. The Labute approximate surface area is 102 Å². The van der Waals surface area contributed by atoms with Crippen LogP contribution in [0.25, 0.3) is 0 Å². The van der Waals surface area contributed by atoms with Gasteiger partial charge < -0.3 is 0 Å². The highest BCUT2D eigenvalue weighted by Crippen LogP contribution is 2.22. The van der Waals surface area contributed by atoms with Gasteiger partial charge in [0.05, 0.1) is 17.4 Å². The van der Waals surface area contributed by atoms with Gasteiger partial charge in [0.1, 0.15) is 0 Å². The third-order valence-electron chi connectivity index (χ3n) is 2.02. The van der Waals surface area contributed by atoms with Gasteiger partial charge in [0, 0.05) is 16.1 Å². The van der Waals surface area contributed by atoms with Crippen molar-refractivity contribution in [2.45, 2.75) is 0 Å². The SMILES string of the molecule is O=C(c1ccnnc1)c1cc(Cl)ccc1Cl. The molecule has 0 atom stereocenters. The molecule has 5 heteroatoms. The standard InChI is InChI=1S/C11H6Cl2N2O/c12-8-1-2-10(13)9(5-8)11(16)7-3-4-14-15-6-7/h1-6H. The van der Waals surface area contributed by atoms with Crippen molar-refractivity contribution in [1.29, 1.82) is 0 Å². The predicted molar refractivity (Wildman–Crippen MR) is 61.9 cm³/mol. The lowest BCUT2D eigenvalue weighted by Crippen LogP contribution is -2.03. The Hall–Kier alpha value is -1.45. The molecule has 0 unspecified atom stereocenters. The first-order valence-electron chi connectivity index (χ1n) is 4.45. The van der Waals surface area contributed by atoms with Crippen LogP contribution in [-0.2, 0) is 0 Å². The molecular weight excluding hydrogens is 247 g/mol. The number of aromatic nitrogens is 2. The van der Waals surface area contributed by atoms with Crippen molar-refractivity contribution >= 4 is 29.0 Å². The number of nitrogens with zero attached hydrogens (tertiary/aromatic N) is 2. The summed E-state index contributed by atoms with van der Waals surface area (Å²) in [6.07, 6.45) is 2.84. The third kappa shape index (κ3) is 2.21. The maximum absolute atomic E-state index is 12.0. The van der Waals surface area contributed by atoms with Gasteiger partial charge in [-0.25, -0.2) is 0 Å². The maximum Gasteiger partial charge on any atom is 0.196 e. The largest absolute Gasteiger partial charge is 0.288 e. The molecule has 0 fully saturated rings. The highest BCUT2D eigenvalue weighted by Gasteiger charge is 2.13. The van der Waals surface area contributed by atoms with E-state index in [-0.39, 0.29) is 5.78 Å². The van der Waals surface area contributed by atoms with E-state index < -0.39 is 0 Å². The zero-order valence-electron chi connectivity index (χ0n) is 8.02. The van der Waals surface area contributed by atoms with Gasteiger partial charge in [-0.15, -0.1) is 0 Å². The number of ketones is 1. The van der Waals surface area contributed by atoms with E-state index in [2.05, 4.69) is 10.2 Å². The second-order valence-electron chi connectivity index (χ2n) is 3.08. The second-order valence-corrected chi connectivity index (χ2v) is 3.93. The summed E-state index contributed by atoms with van der Waals surface area (Å²) < 4.78 is 0. The zero-order valence-corrected chi connectivity index (χ0v) is 9.53. The fourth-order valence-electron chi connectivity index (χ4n) is 1.25. The minimum Gasteiger partial charge on any atom is -0.288 e. The monoisotopic (exact) mass is 252 g/mol. The molecule has 0 aliphatic heterocycles. The lowest BCUT2D eigenvalue weighted by Gasteiger charge is -2.03. The molecule has 0 bridgehead atoms. The van der Waals surface area contributed by atoms with E-state index in [1.54, 1.807) is 18.2 Å². The van der Waals surface area contributed by atoms with Crippen LogP contribution in [0.5, 0.6) is 0 Å². The highest BCUT2D eigenvalue weighted by atomic mass is 35.5. The number of hydrogen-bond donors (Lipinski definition) is 0. The van der Waals surface area contributed by atoms with Crippen molar-refractivity contribution < 1.29 is 4.79 Å². The molecule has 1 aromatic carbocycles. The van der Waals surface area contributed by atoms with E-state index in [9.17, 15) is 4.79 Å². The number of halogens is 2. The van der Waals surface area contributed by atoms with Crippen molar-refractivity contribution in [3.05, 3.63) is 57.8 Å². The average Bonchev–Trinajstić information content (AvgIpc) is 2.32. The Kier molecular flexibility index (Phi) is 3.17. The fraction of sp³-hybridized carbons (Fsp3) is 0. The van der Waals surface area contributed by atoms with E-state index in [1.165, 1.54) is 18.5 Å². The minimum atomic E-state index is -0.220. The average molecular weight is 253 g/mol. The molecule has 1 heterocycles. The van der Waals surface area contributed by atoms with Gasteiger partial charge in [-0.2, -0.15) is 10.2 Å². The van der Waals surface area contributed by atoms with Crippen LogP contribution in [0.3, 0.4) is 0 Å². The number of carbonyl (C=O) groups excluding carboxylic acids is 1. The summed E-state index contributed by atoms with van der Waals surface area (Å²) in [5, 5.41) is 8.07. The van der Waals surface area contributed by atoms with Gasteiger partial charge in [0.2, 0.25) is 0 Å². The Morgan fingerprint density at radius 3 is 2.62 bits per heavy atom. The summed E-state index contributed by atoms with van der Waals surface area (Å²) >= 11 is 11.7. The number of benzene rings is 1. The van der Waals surface area contributed by atoms with Crippen molar-refractivity contribution in [2.75, 3.05) is 0 Å². The van der Waals surface area contributed by atoms with Gasteiger partial charge in [-0.05, 0) is 24.3 Å². The fourth-order valence-corrected chi connectivity index (χ4v) is 1.63. The summed E-state index contributed by atoms with van der Waals surface area (Å²) in [6, 6.07) is 6.33. The van der Waals surface area contributed by atoms with Crippen molar-refractivity contribution in [3.63, 3.8) is 0 Å². The number of rotatable bonds is 2. The van der Waals surface area contributed by atoms with Gasteiger partial charge in [-0.3, -0.25) is 4.79 Å². The lowest BCUT2D eigenvalue weighted by molar-refractivity contribution is 0.103. The Bertz CT molecular complexity index is 529. The normalized spacial score (nSPS) is 10.1. The van der Waals surface area contributed by atoms with E-state index in [0.717, 1.165) is 0 Å². The van der Waals surface area contributed by atoms with Crippen molar-refractivity contribution in [2.24, 2.45) is 0 Å². The first-order valence-corrected chi connectivity index (χ1v) is 5.20. The van der Waals surface area contributed by atoms with Crippen LogP contribution in [0.15, 0.2) is 36.7 Å². The summed E-state index contributed by atoms with van der Waals surface area (Å²) in [5.41, 5.74) is 0.793. The van der Waals surface area contributed by atoms with E-state index >= 15 is 0 Å². The summed E-state index contributed by atoms with van der Waals surface area (Å²) in [7, 11) is 0. The molecule has 0 radical (unpaired) electrons. The van der Waals surface area contributed by atoms with E-state index in [1.807, 2.05) is 0 Å². The summed E-state index contributed by atoms with van der Waals surface area (Å²) in [5.74, 6) is -0.220. The van der Waals surface area contributed by atoms with Crippen molar-refractivity contribution in [1.82, 2.24) is 10.2 Å². The molecule has 2 rings (SSSR count). The topological polar surface area (TPSA) is 42.9 Å². The molecule has 3 nitrogen and oxygen atoms in total. The molecule has 1 aromatic heterocycles. The van der Waals surface area contributed by atoms with Gasteiger partial charge in [0.25, 0.3) is 0 Å². The molecule has 0 aliphatic carbocycles. The smallest absolute Gasteiger partial charge is 0.196 e. The van der Waals surface area contributed by atoms with Gasteiger partial charge in [0.15, 0.2) is 5.78 Å². The summed E-state index contributed by atoms with van der Waals surface area (Å²) in [4.78, 5) is 12.0. The Balaban J connectivity index is 2.46. The Morgan fingerprint density at radius 2 is 1.94 bits per heavy atom. The highest BCUT2D eigenvalue weighted by molar-refractivity contribution is 6.36. The summed E-state index contributed by atoms with van der Waals surface area (Å²) in [6.45, 7) is 0. The molecular formula is C11H6Cl2N2O.